The summed E-state index contributed by atoms with van der Waals surface area (Å²) in [7, 11) is 0. The topological polar surface area (TPSA) is 75.8 Å². The maximum atomic E-state index is 11.8. The Hall–Kier alpha value is -1.59. The second-order valence-electron chi connectivity index (χ2n) is 5.05. The lowest BCUT2D eigenvalue weighted by atomic mass is 9.96. The lowest BCUT2D eigenvalue weighted by molar-refractivity contribution is -0.121. The highest BCUT2D eigenvalue weighted by molar-refractivity contribution is 5.97. The first kappa shape index (κ1) is 13.8. The summed E-state index contributed by atoms with van der Waals surface area (Å²) in [5.74, 6) is 0.828. The first-order valence-corrected chi connectivity index (χ1v) is 6.48. The molecule has 104 valence electrons. The lowest BCUT2D eigenvalue weighted by Gasteiger charge is -2.30. The quantitative estimate of drug-likeness (QED) is 0.852. The van der Waals surface area contributed by atoms with Gasteiger partial charge in [0.25, 0.3) is 5.91 Å². The molecule has 1 aliphatic rings. The largest absolute Gasteiger partial charge is 0.482 e. The number of anilines is 1. The number of β-amino-alcohol motifs (C(OH)–C–C–N with tert-alkyl or cyclic N) is 1. The van der Waals surface area contributed by atoms with Crippen LogP contribution in [-0.2, 0) is 4.79 Å². The minimum absolute atomic E-state index is 0.0164. The predicted molar refractivity (Wildman–Crippen MR) is 73.1 cm³/mol. The maximum Gasteiger partial charge on any atom is 0.265 e. The molecule has 1 atom stereocenters. The van der Waals surface area contributed by atoms with Crippen LogP contribution in [0.15, 0.2) is 18.2 Å². The van der Waals surface area contributed by atoms with E-state index < -0.39 is 0 Å². The SMILES string of the molecule is CC(C)C(N)c1ccc2c(c1)N(CCO)C(=O)CO2. The van der Waals surface area contributed by atoms with Crippen LogP contribution in [-0.4, -0.2) is 30.8 Å². The zero-order valence-electron chi connectivity index (χ0n) is 11.3. The molecule has 2 rings (SSSR count). The van der Waals surface area contributed by atoms with Crippen LogP contribution in [0, 0.1) is 5.92 Å². The molecule has 5 heteroatoms. The van der Waals surface area contributed by atoms with E-state index in [1.165, 1.54) is 0 Å². The molecule has 5 nitrogen and oxygen atoms in total. The van der Waals surface area contributed by atoms with Crippen LogP contribution >= 0.6 is 0 Å². The fraction of sp³-hybridized carbons (Fsp3) is 0.500. The highest BCUT2D eigenvalue weighted by Crippen LogP contribution is 2.35. The van der Waals surface area contributed by atoms with E-state index in [4.69, 9.17) is 15.6 Å². The molecule has 1 heterocycles. The number of carbonyl (C=O) groups excluding carboxylic acids is 1. The average Bonchev–Trinajstić information content (AvgIpc) is 2.40. The minimum Gasteiger partial charge on any atom is -0.482 e. The minimum atomic E-state index is -0.142. The summed E-state index contributed by atoms with van der Waals surface area (Å²) < 4.78 is 5.39. The number of nitrogens with zero attached hydrogens (tertiary/aromatic N) is 1. The maximum absolute atomic E-state index is 11.8. The van der Waals surface area contributed by atoms with Gasteiger partial charge in [-0.15, -0.1) is 0 Å². The summed E-state index contributed by atoms with van der Waals surface area (Å²) in [6, 6.07) is 5.56. The van der Waals surface area contributed by atoms with Gasteiger partial charge < -0.3 is 20.5 Å². The number of rotatable bonds is 4. The number of amides is 1. The van der Waals surface area contributed by atoms with E-state index in [1.807, 2.05) is 18.2 Å². The molecule has 0 radical (unpaired) electrons. The standard InChI is InChI=1S/C14H20N2O3/c1-9(2)14(15)10-3-4-12-11(7-10)16(5-6-17)13(18)8-19-12/h3-4,7,9,14,17H,5-6,8,15H2,1-2H3. The van der Waals surface area contributed by atoms with E-state index in [2.05, 4.69) is 13.8 Å². The first-order valence-electron chi connectivity index (χ1n) is 6.48. The lowest BCUT2D eigenvalue weighted by Crippen LogP contribution is -2.40. The number of benzene rings is 1. The number of aliphatic hydroxyl groups excluding tert-OH is 1. The van der Waals surface area contributed by atoms with Crippen molar-refractivity contribution in [2.24, 2.45) is 11.7 Å². The molecule has 1 aromatic rings. The molecule has 0 aliphatic carbocycles. The molecule has 0 aromatic heterocycles. The van der Waals surface area contributed by atoms with Crippen LogP contribution in [0.5, 0.6) is 5.75 Å². The number of carbonyl (C=O) groups is 1. The third-order valence-corrected chi connectivity index (χ3v) is 3.35. The van der Waals surface area contributed by atoms with Gasteiger partial charge >= 0.3 is 0 Å². The van der Waals surface area contributed by atoms with E-state index in [9.17, 15) is 4.79 Å². The van der Waals surface area contributed by atoms with Gasteiger partial charge in [0, 0.05) is 12.6 Å². The van der Waals surface area contributed by atoms with Gasteiger partial charge in [0.1, 0.15) is 5.75 Å². The molecule has 19 heavy (non-hydrogen) atoms. The smallest absolute Gasteiger partial charge is 0.265 e. The summed E-state index contributed by atoms with van der Waals surface area (Å²) >= 11 is 0. The van der Waals surface area contributed by atoms with Crippen LogP contribution in [0.4, 0.5) is 5.69 Å². The fourth-order valence-electron chi connectivity index (χ4n) is 2.16. The monoisotopic (exact) mass is 264 g/mol. The molecule has 1 aliphatic heterocycles. The highest BCUT2D eigenvalue weighted by Gasteiger charge is 2.26. The Morgan fingerprint density at radius 1 is 1.47 bits per heavy atom. The molecule has 1 unspecified atom stereocenters. The molecule has 0 spiro atoms. The summed E-state index contributed by atoms with van der Waals surface area (Å²) in [5.41, 5.74) is 7.79. The van der Waals surface area contributed by atoms with Crippen molar-refractivity contribution in [3.8, 4) is 5.75 Å². The molecule has 0 saturated carbocycles. The Labute approximate surface area is 113 Å². The number of aliphatic hydroxyl groups is 1. The number of nitrogens with two attached hydrogens (primary N) is 1. The van der Waals surface area contributed by atoms with Gasteiger partial charge in [-0.2, -0.15) is 0 Å². The van der Waals surface area contributed by atoms with Gasteiger partial charge in [-0.25, -0.2) is 0 Å². The van der Waals surface area contributed by atoms with Gasteiger partial charge in [-0.3, -0.25) is 4.79 Å². The summed E-state index contributed by atoms with van der Waals surface area (Å²) in [6.07, 6.45) is 0. The summed E-state index contributed by atoms with van der Waals surface area (Å²) in [5, 5.41) is 9.07. The molecule has 1 amide bonds. The van der Waals surface area contributed by atoms with Crippen molar-refractivity contribution in [2.75, 3.05) is 24.7 Å². The summed E-state index contributed by atoms with van der Waals surface area (Å²) in [6.45, 7) is 4.32. The predicted octanol–water partition coefficient (Wildman–Crippen LogP) is 1.06. The molecule has 1 aromatic carbocycles. The van der Waals surface area contributed by atoms with Gasteiger partial charge in [-0.1, -0.05) is 19.9 Å². The molecule has 3 N–H and O–H groups in total. The van der Waals surface area contributed by atoms with Crippen molar-refractivity contribution in [3.05, 3.63) is 23.8 Å². The number of hydrogen-bond acceptors (Lipinski definition) is 4. The van der Waals surface area contributed by atoms with Gasteiger partial charge in [-0.05, 0) is 23.6 Å². The molecule has 0 bridgehead atoms. The second-order valence-corrected chi connectivity index (χ2v) is 5.05. The average molecular weight is 264 g/mol. The Bertz CT molecular complexity index is 474. The van der Waals surface area contributed by atoms with Crippen LogP contribution in [0.2, 0.25) is 0 Å². The van der Waals surface area contributed by atoms with Crippen LogP contribution in [0.25, 0.3) is 0 Å². The van der Waals surface area contributed by atoms with E-state index >= 15 is 0 Å². The van der Waals surface area contributed by atoms with Crippen LogP contribution < -0.4 is 15.4 Å². The van der Waals surface area contributed by atoms with E-state index in [0.29, 0.717) is 17.4 Å². The normalized spacial score (nSPS) is 16.3. The second kappa shape index (κ2) is 5.59. The molecule has 0 fully saturated rings. The number of hydrogen-bond donors (Lipinski definition) is 2. The molecular weight excluding hydrogens is 244 g/mol. The zero-order chi connectivity index (χ0) is 14.0. The van der Waals surface area contributed by atoms with E-state index in [-0.39, 0.29) is 31.7 Å². The van der Waals surface area contributed by atoms with Crippen molar-refractivity contribution in [3.63, 3.8) is 0 Å². The van der Waals surface area contributed by atoms with Crippen molar-refractivity contribution in [2.45, 2.75) is 19.9 Å². The Morgan fingerprint density at radius 2 is 2.21 bits per heavy atom. The van der Waals surface area contributed by atoms with Gasteiger partial charge in [0.2, 0.25) is 0 Å². The van der Waals surface area contributed by atoms with Crippen LogP contribution in [0.1, 0.15) is 25.5 Å². The summed E-state index contributed by atoms with van der Waals surface area (Å²) in [4.78, 5) is 13.4. The molecule has 0 saturated heterocycles. The van der Waals surface area contributed by atoms with Gasteiger partial charge in [0.15, 0.2) is 6.61 Å². The van der Waals surface area contributed by atoms with Crippen molar-refractivity contribution >= 4 is 11.6 Å². The number of ether oxygens (including phenoxy) is 1. The van der Waals surface area contributed by atoms with Crippen molar-refractivity contribution < 1.29 is 14.6 Å². The highest BCUT2D eigenvalue weighted by atomic mass is 16.5. The fourth-order valence-corrected chi connectivity index (χ4v) is 2.16. The first-order chi connectivity index (χ1) is 9.04. The third kappa shape index (κ3) is 2.72. The van der Waals surface area contributed by atoms with E-state index in [1.54, 1.807) is 4.90 Å². The Balaban J connectivity index is 2.38. The number of fused-ring (bicyclic) bond motifs is 1. The van der Waals surface area contributed by atoms with Crippen molar-refractivity contribution in [1.82, 2.24) is 0 Å². The zero-order valence-corrected chi connectivity index (χ0v) is 11.3. The third-order valence-electron chi connectivity index (χ3n) is 3.35. The van der Waals surface area contributed by atoms with Crippen LogP contribution in [0.3, 0.4) is 0 Å². The van der Waals surface area contributed by atoms with E-state index in [0.717, 1.165) is 5.56 Å². The Morgan fingerprint density at radius 3 is 2.84 bits per heavy atom. The van der Waals surface area contributed by atoms with Gasteiger partial charge in [0.05, 0.1) is 12.3 Å². The molecular formula is C14H20N2O3. The Kier molecular flexibility index (Phi) is 4.07. The van der Waals surface area contributed by atoms with Crippen molar-refractivity contribution in [1.29, 1.82) is 0 Å².